The smallest absolute Gasteiger partial charge is 0.269 e. The molecule has 1 saturated carbocycles. The lowest BCUT2D eigenvalue weighted by atomic mass is 9.86. The molecule has 10 heteroatoms. The normalized spacial score (nSPS) is 20.7. The average Bonchev–Trinajstić information content (AvgIpc) is 3.24. The van der Waals surface area contributed by atoms with Gasteiger partial charge in [-0.1, -0.05) is 17.7 Å². The number of hydrogen-bond donors (Lipinski definition) is 0. The van der Waals surface area contributed by atoms with Crippen LogP contribution in [0.25, 0.3) is 11.0 Å². The Balaban J connectivity index is 1.56. The number of aromatic nitrogens is 3. The van der Waals surface area contributed by atoms with E-state index in [9.17, 15) is 12.6 Å². The Bertz CT molecular complexity index is 1380. The first-order chi connectivity index (χ1) is 16.1. The molecule has 0 spiro atoms. The van der Waals surface area contributed by atoms with E-state index in [1.807, 2.05) is 20.9 Å². The number of rotatable bonds is 7. The molecule has 0 saturated heterocycles. The number of fused-ring (bicyclic) bond motifs is 1. The quantitative estimate of drug-likeness (QED) is 0.482. The Morgan fingerprint density at radius 1 is 1.06 bits per heavy atom. The summed E-state index contributed by atoms with van der Waals surface area (Å²) in [5.41, 5.74) is 1.37. The first-order valence-corrected chi connectivity index (χ1v) is 15.2. The summed E-state index contributed by atoms with van der Waals surface area (Å²) < 4.78 is 44.6. The summed E-state index contributed by atoms with van der Waals surface area (Å²) in [6, 6.07) is 8.86. The fourth-order valence-electron chi connectivity index (χ4n) is 4.85. The third-order valence-electron chi connectivity index (χ3n) is 6.65. The van der Waals surface area contributed by atoms with E-state index in [1.54, 1.807) is 42.8 Å². The molecule has 8 nitrogen and oxygen atoms in total. The molecule has 1 atom stereocenters. The second kappa shape index (κ2) is 9.65. The lowest BCUT2D eigenvalue weighted by Gasteiger charge is -2.35. The van der Waals surface area contributed by atoms with Crippen LogP contribution in [0.4, 0.5) is 5.82 Å². The molecule has 4 rings (SSSR count). The molecule has 3 aromatic rings. The molecule has 0 bridgehead atoms. The number of benzene rings is 1. The summed E-state index contributed by atoms with van der Waals surface area (Å²) in [6.07, 6.45) is 8.68. The molecular weight excluding hydrogens is 470 g/mol. The molecule has 2 aromatic heterocycles. The van der Waals surface area contributed by atoms with Gasteiger partial charge in [-0.15, -0.1) is 0 Å². The van der Waals surface area contributed by atoms with Crippen LogP contribution in [0.5, 0.6) is 0 Å². The Kier molecular flexibility index (Phi) is 7.00. The van der Waals surface area contributed by atoms with E-state index in [1.165, 1.54) is 10.3 Å². The van der Waals surface area contributed by atoms with Gasteiger partial charge in [0.05, 0.1) is 10.3 Å². The molecule has 1 unspecified atom stereocenters. The summed E-state index contributed by atoms with van der Waals surface area (Å²) in [6.45, 7) is 4.44. The van der Waals surface area contributed by atoms with Crippen LogP contribution in [0.15, 0.2) is 52.1 Å². The van der Waals surface area contributed by atoms with Gasteiger partial charge < -0.3 is 4.90 Å². The van der Waals surface area contributed by atoms with Gasteiger partial charge in [0.2, 0.25) is 0 Å². The first kappa shape index (κ1) is 24.7. The summed E-state index contributed by atoms with van der Waals surface area (Å²) in [5.74, 6) is 1.81. The van der Waals surface area contributed by atoms with Crippen molar-refractivity contribution in [3.63, 3.8) is 0 Å². The van der Waals surface area contributed by atoms with E-state index >= 15 is 0 Å². The van der Waals surface area contributed by atoms with E-state index in [0.717, 1.165) is 37.1 Å². The second-order valence-corrected chi connectivity index (χ2v) is 13.5. The van der Waals surface area contributed by atoms with Crippen LogP contribution in [0.2, 0.25) is 0 Å². The zero-order valence-electron chi connectivity index (χ0n) is 20.2. The number of nitrogens with zero attached hydrogens (tertiary/aromatic N) is 5. The van der Waals surface area contributed by atoms with Crippen LogP contribution < -0.4 is 4.90 Å². The fraction of sp³-hybridized carbons (Fsp3) is 0.500. The van der Waals surface area contributed by atoms with Gasteiger partial charge in [0.15, 0.2) is 5.65 Å². The van der Waals surface area contributed by atoms with Gasteiger partial charge in [-0.2, -0.15) is 0 Å². The van der Waals surface area contributed by atoms with Gasteiger partial charge in [-0.25, -0.2) is 26.7 Å². The predicted octanol–water partition coefficient (Wildman–Crippen LogP) is 4.09. The largest absolute Gasteiger partial charge is 0.356 e. The van der Waals surface area contributed by atoms with Crippen LogP contribution >= 0.6 is 0 Å². The van der Waals surface area contributed by atoms with Crippen molar-refractivity contribution in [2.45, 2.75) is 50.5 Å². The van der Waals surface area contributed by atoms with Gasteiger partial charge in [0.25, 0.3) is 10.0 Å². The lowest BCUT2D eigenvalue weighted by Crippen LogP contribution is -2.37. The van der Waals surface area contributed by atoms with Gasteiger partial charge in [0.1, 0.15) is 12.1 Å². The van der Waals surface area contributed by atoms with Crippen molar-refractivity contribution < 1.29 is 12.6 Å². The van der Waals surface area contributed by atoms with Gasteiger partial charge in [-0.3, -0.25) is 4.21 Å². The topological polar surface area (TPSA) is 97.5 Å². The minimum atomic E-state index is -3.76. The van der Waals surface area contributed by atoms with Crippen LogP contribution in [-0.4, -0.2) is 58.2 Å². The molecule has 1 aliphatic carbocycles. The number of anilines is 1. The summed E-state index contributed by atoms with van der Waals surface area (Å²) in [7, 11) is -3.86. The molecular formula is C24H33N5O3S2. The third kappa shape index (κ3) is 4.98. The van der Waals surface area contributed by atoms with E-state index in [2.05, 4.69) is 19.2 Å². The van der Waals surface area contributed by atoms with Crippen LogP contribution in [0.3, 0.4) is 0 Å². The Morgan fingerprint density at radius 3 is 2.38 bits per heavy atom. The molecule has 1 fully saturated rings. The first-order valence-electron chi connectivity index (χ1n) is 11.6. The number of aryl methyl sites for hydroxylation is 1. The Labute approximate surface area is 202 Å². The fourth-order valence-corrected chi connectivity index (χ4v) is 8.01. The zero-order chi connectivity index (χ0) is 24.5. The highest BCUT2D eigenvalue weighted by atomic mass is 32.2. The van der Waals surface area contributed by atoms with Crippen molar-refractivity contribution in [3.8, 4) is 0 Å². The molecule has 0 amide bonds. The maximum absolute atomic E-state index is 13.3. The van der Waals surface area contributed by atoms with Crippen LogP contribution in [0, 0.1) is 12.8 Å². The van der Waals surface area contributed by atoms with E-state index in [4.69, 9.17) is 0 Å². The predicted molar refractivity (Wildman–Crippen MR) is 137 cm³/mol. The summed E-state index contributed by atoms with van der Waals surface area (Å²) in [4.78, 5) is 11.2. The molecule has 0 radical (unpaired) electrons. The third-order valence-corrected chi connectivity index (χ3v) is 10.2. The average molecular weight is 504 g/mol. The van der Waals surface area contributed by atoms with E-state index < -0.39 is 19.8 Å². The standard InChI is InChI=1S/C24H33N5O3S2/c1-5-27-33(4,30)16-19-8-10-20(11-9-19)28(3)23-22-14-15-29(24(22)26-17-25-23)34(31,32)21-12-6-18(2)7-13-21/h6-7,12-15,17,19-20H,5,8-11,16H2,1-4H3. The van der Waals surface area contributed by atoms with Crippen molar-refractivity contribution in [1.82, 2.24) is 13.9 Å². The second-order valence-electron chi connectivity index (χ2n) is 9.22. The van der Waals surface area contributed by atoms with Gasteiger partial charge >= 0.3 is 0 Å². The lowest BCUT2D eigenvalue weighted by molar-refractivity contribution is 0.342. The zero-order valence-corrected chi connectivity index (χ0v) is 21.8. The Hall–Kier alpha value is -2.46. The van der Waals surface area contributed by atoms with Crippen LogP contribution in [-0.2, 0) is 19.8 Å². The van der Waals surface area contributed by atoms with Gasteiger partial charge in [-0.05, 0) is 63.6 Å². The van der Waals surface area contributed by atoms with Crippen molar-refractivity contribution in [2.24, 2.45) is 10.3 Å². The maximum atomic E-state index is 13.3. The summed E-state index contributed by atoms with van der Waals surface area (Å²) in [5, 5.41) is 0.709. The highest BCUT2D eigenvalue weighted by Gasteiger charge is 2.28. The van der Waals surface area contributed by atoms with E-state index in [0.29, 0.717) is 29.2 Å². The summed E-state index contributed by atoms with van der Waals surface area (Å²) >= 11 is 0. The molecule has 0 aliphatic heterocycles. The maximum Gasteiger partial charge on any atom is 0.269 e. The minimum absolute atomic E-state index is 0.227. The Morgan fingerprint density at radius 2 is 1.74 bits per heavy atom. The van der Waals surface area contributed by atoms with Crippen molar-refractivity contribution >= 4 is 36.6 Å². The SMILES string of the molecule is CCN=S(C)(=O)CC1CCC(N(C)c2ncnc3c2ccn3S(=O)(=O)c2ccc(C)cc2)CC1. The number of hydrogen-bond acceptors (Lipinski definition) is 7. The molecule has 2 heterocycles. The van der Waals surface area contributed by atoms with E-state index in [-0.39, 0.29) is 10.9 Å². The molecule has 34 heavy (non-hydrogen) atoms. The molecule has 1 aliphatic rings. The monoisotopic (exact) mass is 503 g/mol. The van der Waals surface area contributed by atoms with Crippen molar-refractivity contribution in [3.05, 3.63) is 48.4 Å². The molecule has 184 valence electrons. The highest BCUT2D eigenvalue weighted by Crippen LogP contribution is 2.33. The minimum Gasteiger partial charge on any atom is -0.356 e. The molecule has 1 aromatic carbocycles. The highest BCUT2D eigenvalue weighted by molar-refractivity contribution is 7.92. The van der Waals surface area contributed by atoms with Crippen LogP contribution in [0.1, 0.15) is 38.2 Å². The van der Waals surface area contributed by atoms with Crippen molar-refractivity contribution in [1.29, 1.82) is 0 Å². The molecule has 0 N–H and O–H groups in total. The van der Waals surface area contributed by atoms with Gasteiger partial charge in [0, 0.05) is 47.6 Å². The van der Waals surface area contributed by atoms with Crippen molar-refractivity contribution in [2.75, 3.05) is 30.5 Å².